The smallest absolute Gasteiger partial charge is 0.273 e. The predicted molar refractivity (Wildman–Crippen MR) is 84.1 cm³/mol. The highest BCUT2D eigenvalue weighted by Gasteiger charge is 2.15. The summed E-state index contributed by atoms with van der Waals surface area (Å²) in [4.78, 5) is 12.4. The van der Waals surface area contributed by atoms with Crippen molar-refractivity contribution in [2.75, 3.05) is 5.32 Å². The predicted octanol–water partition coefficient (Wildman–Crippen LogP) is 3.79. The van der Waals surface area contributed by atoms with Crippen LogP contribution in [0.1, 0.15) is 35.6 Å². The average Bonchev–Trinajstić information content (AvgIpc) is 2.87. The molecule has 5 heteroatoms. The number of nitrogens with zero attached hydrogens (tertiary/aromatic N) is 2. The zero-order chi connectivity index (χ0) is 14.7. The van der Waals surface area contributed by atoms with E-state index in [1.807, 2.05) is 45.0 Å². The third-order valence-electron chi connectivity index (χ3n) is 3.16. The Bertz CT molecular complexity index is 634. The van der Waals surface area contributed by atoms with Gasteiger partial charge in [0.25, 0.3) is 5.91 Å². The third kappa shape index (κ3) is 2.93. The molecule has 0 saturated heterocycles. The summed E-state index contributed by atoms with van der Waals surface area (Å²) in [6.45, 7) is 6.68. The monoisotopic (exact) mass is 335 g/mol. The molecule has 0 saturated carbocycles. The molecule has 0 radical (unpaired) electrons. The van der Waals surface area contributed by atoms with Crippen LogP contribution < -0.4 is 5.32 Å². The third-order valence-corrected chi connectivity index (χ3v) is 4.22. The summed E-state index contributed by atoms with van der Waals surface area (Å²) in [6.07, 6.45) is 0.821. The second-order valence-corrected chi connectivity index (χ2v) is 5.37. The number of benzene rings is 1. The summed E-state index contributed by atoms with van der Waals surface area (Å²) in [7, 11) is 0. The summed E-state index contributed by atoms with van der Waals surface area (Å²) < 4.78 is 2.64. The van der Waals surface area contributed by atoms with Crippen molar-refractivity contribution in [1.29, 1.82) is 0 Å². The molecule has 0 atom stereocenters. The maximum atomic E-state index is 12.4. The molecule has 1 aromatic heterocycles. The number of nitrogens with one attached hydrogen (secondary N) is 1. The Kier molecular flexibility index (Phi) is 4.60. The van der Waals surface area contributed by atoms with E-state index in [2.05, 4.69) is 26.3 Å². The number of rotatable bonds is 4. The highest BCUT2D eigenvalue weighted by Crippen LogP contribution is 2.26. The molecule has 0 fully saturated rings. The zero-order valence-electron chi connectivity index (χ0n) is 11.9. The van der Waals surface area contributed by atoms with Crippen molar-refractivity contribution >= 4 is 27.5 Å². The van der Waals surface area contributed by atoms with Crippen LogP contribution in [-0.4, -0.2) is 15.7 Å². The number of carbonyl (C=O) groups excluding carboxylic acids is 1. The summed E-state index contributed by atoms with van der Waals surface area (Å²) in [5, 5.41) is 7.33. The van der Waals surface area contributed by atoms with Gasteiger partial charge < -0.3 is 5.32 Å². The van der Waals surface area contributed by atoms with Crippen molar-refractivity contribution < 1.29 is 4.79 Å². The van der Waals surface area contributed by atoms with Gasteiger partial charge in [-0.1, -0.05) is 19.1 Å². The maximum absolute atomic E-state index is 12.4. The second-order valence-electron chi connectivity index (χ2n) is 4.58. The molecular weight excluding hydrogens is 318 g/mol. The lowest BCUT2D eigenvalue weighted by Gasteiger charge is -2.09. The van der Waals surface area contributed by atoms with Crippen molar-refractivity contribution in [3.05, 3.63) is 45.7 Å². The normalized spacial score (nSPS) is 10.6. The van der Waals surface area contributed by atoms with E-state index < -0.39 is 0 Å². The van der Waals surface area contributed by atoms with Crippen molar-refractivity contribution in [3.8, 4) is 0 Å². The molecule has 0 spiro atoms. The number of halogens is 1. The van der Waals surface area contributed by atoms with E-state index in [1.54, 1.807) is 4.68 Å². The zero-order valence-corrected chi connectivity index (χ0v) is 13.5. The van der Waals surface area contributed by atoms with Gasteiger partial charge in [0.2, 0.25) is 0 Å². The molecule has 0 aliphatic carbocycles. The number of aryl methyl sites for hydroxylation is 3. The molecule has 2 rings (SSSR count). The molecule has 1 N–H and O–H groups in total. The Morgan fingerprint density at radius 3 is 2.80 bits per heavy atom. The molecule has 0 aliphatic rings. The van der Waals surface area contributed by atoms with Crippen LogP contribution in [0.3, 0.4) is 0 Å². The van der Waals surface area contributed by atoms with Gasteiger partial charge >= 0.3 is 0 Å². The number of amides is 1. The van der Waals surface area contributed by atoms with Gasteiger partial charge in [0.05, 0.1) is 11.4 Å². The molecule has 1 heterocycles. The Hall–Kier alpha value is -1.62. The lowest BCUT2D eigenvalue weighted by molar-refractivity contribution is 0.101. The van der Waals surface area contributed by atoms with Crippen molar-refractivity contribution in [1.82, 2.24) is 9.78 Å². The molecule has 106 valence electrons. The van der Waals surface area contributed by atoms with Crippen molar-refractivity contribution in [3.63, 3.8) is 0 Å². The number of anilines is 1. The largest absolute Gasteiger partial charge is 0.320 e. The lowest BCUT2D eigenvalue weighted by atomic mass is 10.2. The molecule has 20 heavy (non-hydrogen) atoms. The van der Waals surface area contributed by atoms with Crippen LogP contribution >= 0.6 is 15.9 Å². The summed E-state index contributed by atoms with van der Waals surface area (Å²) in [5.74, 6) is -0.134. The molecule has 2 aromatic rings. The molecule has 1 amide bonds. The van der Waals surface area contributed by atoms with E-state index in [9.17, 15) is 4.79 Å². The first-order chi connectivity index (χ1) is 9.56. The van der Waals surface area contributed by atoms with E-state index in [0.29, 0.717) is 12.2 Å². The average molecular weight is 336 g/mol. The quantitative estimate of drug-likeness (QED) is 0.923. The van der Waals surface area contributed by atoms with Gasteiger partial charge in [0.1, 0.15) is 5.69 Å². The van der Waals surface area contributed by atoms with Gasteiger partial charge in [-0.05, 0) is 53.9 Å². The van der Waals surface area contributed by atoms with Crippen LogP contribution in [0, 0.1) is 6.92 Å². The number of carbonyl (C=O) groups is 1. The number of hydrogen-bond acceptors (Lipinski definition) is 2. The minimum Gasteiger partial charge on any atom is -0.320 e. The Labute approximate surface area is 127 Å². The maximum Gasteiger partial charge on any atom is 0.273 e. The number of hydrogen-bond donors (Lipinski definition) is 1. The molecule has 0 unspecified atom stereocenters. The van der Waals surface area contributed by atoms with Gasteiger partial charge in [0.15, 0.2) is 0 Å². The minimum absolute atomic E-state index is 0.134. The molecular formula is C15H18BrN3O. The van der Waals surface area contributed by atoms with E-state index in [-0.39, 0.29) is 5.91 Å². The first kappa shape index (κ1) is 14.8. The first-order valence-electron chi connectivity index (χ1n) is 6.70. The molecule has 4 nitrogen and oxygen atoms in total. The van der Waals surface area contributed by atoms with Crippen LogP contribution in [0.2, 0.25) is 0 Å². The molecule has 0 aliphatic heterocycles. The summed E-state index contributed by atoms with van der Waals surface area (Å²) in [6, 6.07) is 7.64. The fourth-order valence-electron chi connectivity index (χ4n) is 2.00. The highest BCUT2D eigenvalue weighted by molar-refractivity contribution is 9.10. The SMILES string of the molecule is CCc1cc(C(=O)Nc2cccc(C)c2Br)n(CC)n1. The van der Waals surface area contributed by atoms with E-state index in [0.717, 1.165) is 27.8 Å². The molecule has 0 bridgehead atoms. The van der Waals surface area contributed by atoms with E-state index in [1.165, 1.54) is 0 Å². The lowest BCUT2D eigenvalue weighted by Crippen LogP contribution is -2.17. The number of aromatic nitrogens is 2. The van der Waals surface area contributed by atoms with Gasteiger partial charge in [-0.25, -0.2) is 0 Å². The van der Waals surface area contributed by atoms with Crippen LogP contribution in [0.25, 0.3) is 0 Å². The Morgan fingerprint density at radius 2 is 2.15 bits per heavy atom. The fraction of sp³-hybridized carbons (Fsp3) is 0.333. The fourth-order valence-corrected chi connectivity index (χ4v) is 2.36. The summed E-state index contributed by atoms with van der Waals surface area (Å²) in [5.41, 5.74) is 3.39. The highest BCUT2D eigenvalue weighted by atomic mass is 79.9. The van der Waals surface area contributed by atoms with Gasteiger partial charge in [-0.2, -0.15) is 5.10 Å². The van der Waals surface area contributed by atoms with Gasteiger partial charge in [0, 0.05) is 11.0 Å². The van der Waals surface area contributed by atoms with Gasteiger partial charge in [-0.15, -0.1) is 0 Å². The van der Waals surface area contributed by atoms with Crippen LogP contribution in [0.4, 0.5) is 5.69 Å². The topological polar surface area (TPSA) is 46.9 Å². The van der Waals surface area contributed by atoms with Gasteiger partial charge in [-0.3, -0.25) is 9.48 Å². The standard InChI is InChI=1S/C15H18BrN3O/c1-4-11-9-13(19(5-2)18-11)15(20)17-12-8-6-7-10(3)14(12)16/h6-9H,4-5H2,1-3H3,(H,17,20). The van der Waals surface area contributed by atoms with E-state index in [4.69, 9.17) is 0 Å². The van der Waals surface area contributed by atoms with Crippen LogP contribution in [0.15, 0.2) is 28.7 Å². The summed E-state index contributed by atoms with van der Waals surface area (Å²) >= 11 is 3.50. The van der Waals surface area contributed by atoms with Crippen molar-refractivity contribution in [2.45, 2.75) is 33.7 Å². The van der Waals surface area contributed by atoms with E-state index >= 15 is 0 Å². The Morgan fingerprint density at radius 1 is 1.40 bits per heavy atom. The molecule has 1 aromatic carbocycles. The van der Waals surface area contributed by atoms with Crippen molar-refractivity contribution in [2.24, 2.45) is 0 Å². The second kappa shape index (κ2) is 6.22. The minimum atomic E-state index is -0.134. The van der Waals surface area contributed by atoms with Crippen LogP contribution in [-0.2, 0) is 13.0 Å². The van der Waals surface area contributed by atoms with Crippen LogP contribution in [0.5, 0.6) is 0 Å². The Balaban J connectivity index is 2.28. The first-order valence-corrected chi connectivity index (χ1v) is 7.49.